The summed E-state index contributed by atoms with van der Waals surface area (Å²) in [4.78, 5) is 2.03. The number of rotatable bonds is 12. The molecule has 0 aromatic heterocycles. The van der Waals surface area contributed by atoms with E-state index in [1.165, 1.54) is 18.4 Å². The highest BCUT2D eigenvalue weighted by molar-refractivity contribution is 5.14. The number of nitrogens with zero attached hydrogens (tertiary/aromatic N) is 1. The molecule has 0 saturated carbocycles. The number of aryl methyl sites for hydroxylation is 1. The second kappa shape index (κ2) is 12.0. The van der Waals surface area contributed by atoms with E-state index in [4.69, 9.17) is 5.73 Å². The van der Waals surface area contributed by atoms with Crippen LogP contribution in [0.15, 0.2) is 30.3 Å². The summed E-state index contributed by atoms with van der Waals surface area (Å²) >= 11 is 0. The van der Waals surface area contributed by atoms with E-state index in [9.17, 15) is 0 Å². The third kappa shape index (κ3) is 7.95. The lowest BCUT2D eigenvalue weighted by atomic mass is 10.0. The molecule has 1 aromatic carbocycles. The van der Waals surface area contributed by atoms with Crippen LogP contribution in [-0.4, -0.2) is 41.9 Å². The average Bonchev–Trinajstić information content (AvgIpc) is 2.69. The van der Waals surface area contributed by atoms with Crippen molar-refractivity contribution in [1.29, 1.82) is 0 Å². The molecule has 6 heteroatoms. The SMILES string of the molecule is CCCCCCN1C(N)NC(NC(CC)CCc2ccccc2)NC1C(C)(C)F. The quantitative estimate of drug-likeness (QED) is 0.398. The van der Waals surface area contributed by atoms with E-state index in [0.29, 0.717) is 6.04 Å². The van der Waals surface area contributed by atoms with Gasteiger partial charge < -0.3 is 5.73 Å². The smallest absolute Gasteiger partial charge is 0.134 e. The van der Waals surface area contributed by atoms with Gasteiger partial charge in [-0.15, -0.1) is 0 Å². The molecular weight excluding hydrogens is 365 g/mol. The molecule has 1 aromatic rings. The van der Waals surface area contributed by atoms with Crippen LogP contribution in [-0.2, 0) is 6.42 Å². The van der Waals surface area contributed by atoms with Gasteiger partial charge in [-0.2, -0.15) is 0 Å². The lowest BCUT2D eigenvalue weighted by Gasteiger charge is -2.49. The molecule has 1 heterocycles. The van der Waals surface area contributed by atoms with E-state index in [-0.39, 0.29) is 12.6 Å². The first-order valence-corrected chi connectivity index (χ1v) is 11.4. The number of hydrogen-bond donors (Lipinski definition) is 4. The minimum atomic E-state index is -1.39. The summed E-state index contributed by atoms with van der Waals surface area (Å²) in [5.74, 6) is 0. The first-order valence-electron chi connectivity index (χ1n) is 11.4. The van der Waals surface area contributed by atoms with Gasteiger partial charge in [0.15, 0.2) is 0 Å². The van der Waals surface area contributed by atoms with Gasteiger partial charge in [-0.05, 0) is 45.1 Å². The Morgan fingerprint density at radius 3 is 2.48 bits per heavy atom. The molecule has 0 spiro atoms. The van der Waals surface area contributed by atoms with Crippen molar-refractivity contribution < 1.29 is 4.39 Å². The third-order valence-corrected chi connectivity index (χ3v) is 5.79. The maximum atomic E-state index is 15.0. The van der Waals surface area contributed by atoms with Crippen molar-refractivity contribution in [3.05, 3.63) is 35.9 Å². The summed E-state index contributed by atoms with van der Waals surface area (Å²) in [5, 5.41) is 10.4. The van der Waals surface area contributed by atoms with E-state index in [1.807, 2.05) is 11.0 Å². The Kier molecular flexibility index (Phi) is 9.99. The number of alkyl halides is 1. The summed E-state index contributed by atoms with van der Waals surface area (Å²) in [5.41, 5.74) is 6.37. The van der Waals surface area contributed by atoms with E-state index in [2.05, 4.69) is 54.1 Å². The van der Waals surface area contributed by atoms with Crippen molar-refractivity contribution in [2.24, 2.45) is 5.73 Å². The summed E-state index contributed by atoms with van der Waals surface area (Å²) in [6.07, 6.45) is 6.62. The monoisotopic (exact) mass is 407 g/mol. The first-order chi connectivity index (χ1) is 13.8. The zero-order valence-corrected chi connectivity index (χ0v) is 18.8. The van der Waals surface area contributed by atoms with Crippen molar-refractivity contribution in [1.82, 2.24) is 20.9 Å². The predicted octanol–water partition coefficient (Wildman–Crippen LogP) is 3.66. The van der Waals surface area contributed by atoms with E-state index < -0.39 is 11.8 Å². The highest BCUT2D eigenvalue weighted by Gasteiger charge is 2.41. The van der Waals surface area contributed by atoms with Crippen LogP contribution in [0.2, 0.25) is 0 Å². The van der Waals surface area contributed by atoms with Crippen molar-refractivity contribution >= 4 is 0 Å². The van der Waals surface area contributed by atoms with Gasteiger partial charge in [0.1, 0.15) is 18.2 Å². The normalized spacial score (nSPS) is 24.6. The minimum absolute atomic E-state index is 0.211. The van der Waals surface area contributed by atoms with Crippen LogP contribution in [0.5, 0.6) is 0 Å². The number of hydrogen-bond acceptors (Lipinski definition) is 5. The number of nitrogens with one attached hydrogen (secondary N) is 3. The van der Waals surface area contributed by atoms with Crippen LogP contribution in [0.3, 0.4) is 0 Å². The lowest BCUT2D eigenvalue weighted by Crippen LogP contribution is -2.78. The molecule has 5 N–H and O–H groups in total. The first kappa shape index (κ1) is 24.2. The van der Waals surface area contributed by atoms with Crippen LogP contribution < -0.4 is 21.7 Å². The van der Waals surface area contributed by atoms with Crippen molar-refractivity contribution in [2.75, 3.05) is 6.54 Å². The minimum Gasteiger partial charge on any atom is -0.303 e. The Balaban J connectivity index is 1.93. The van der Waals surface area contributed by atoms with Gasteiger partial charge in [0.2, 0.25) is 0 Å². The molecular formula is C23H42FN5. The molecule has 1 fully saturated rings. The van der Waals surface area contributed by atoms with Crippen LogP contribution in [0.1, 0.15) is 71.8 Å². The van der Waals surface area contributed by atoms with Gasteiger partial charge in [0, 0.05) is 12.6 Å². The largest absolute Gasteiger partial charge is 0.303 e. The molecule has 0 aliphatic carbocycles. The van der Waals surface area contributed by atoms with E-state index in [0.717, 1.165) is 38.6 Å². The van der Waals surface area contributed by atoms with Crippen molar-refractivity contribution in [3.63, 3.8) is 0 Å². The zero-order valence-electron chi connectivity index (χ0n) is 18.8. The highest BCUT2D eigenvalue weighted by Crippen LogP contribution is 2.22. The van der Waals surface area contributed by atoms with Gasteiger partial charge >= 0.3 is 0 Å². The van der Waals surface area contributed by atoms with Crippen LogP contribution in [0, 0.1) is 0 Å². The number of benzene rings is 1. The average molecular weight is 408 g/mol. The highest BCUT2D eigenvalue weighted by atomic mass is 19.1. The number of nitrogens with two attached hydrogens (primary N) is 1. The van der Waals surface area contributed by atoms with Crippen LogP contribution in [0.4, 0.5) is 4.39 Å². The Morgan fingerprint density at radius 2 is 1.86 bits per heavy atom. The van der Waals surface area contributed by atoms with Crippen molar-refractivity contribution in [3.8, 4) is 0 Å². The molecule has 4 atom stereocenters. The fourth-order valence-electron chi connectivity index (χ4n) is 4.03. The molecule has 0 amide bonds. The Labute approximate surface area is 177 Å². The second-order valence-electron chi connectivity index (χ2n) is 8.77. The Hall–Kier alpha value is -1.05. The molecule has 5 nitrogen and oxygen atoms in total. The number of unbranched alkanes of at least 4 members (excludes halogenated alkanes) is 3. The molecule has 0 bridgehead atoms. The summed E-state index contributed by atoms with van der Waals surface area (Å²) in [7, 11) is 0. The Morgan fingerprint density at radius 1 is 1.14 bits per heavy atom. The fourth-order valence-corrected chi connectivity index (χ4v) is 4.03. The molecule has 29 heavy (non-hydrogen) atoms. The van der Waals surface area contributed by atoms with Gasteiger partial charge in [-0.3, -0.25) is 20.9 Å². The molecule has 4 unspecified atom stereocenters. The lowest BCUT2D eigenvalue weighted by molar-refractivity contribution is -0.0588. The molecule has 0 radical (unpaired) electrons. The van der Waals surface area contributed by atoms with Gasteiger partial charge in [-0.25, -0.2) is 4.39 Å². The van der Waals surface area contributed by atoms with Crippen LogP contribution >= 0.6 is 0 Å². The second-order valence-corrected chi connectivity index (χ2v) is 8.77. The van der Waals surface area contributed by atoms with Gasteiger partial charge in [0.25, 0.3) is 0 Å². The molecule has 1 saturated heterocycles. The summed E-state index contributed by atoms with van der Waals surface area (Å²) in [6, 6.07) is 10.9. The predicted molar refractivity (Wildman–Crippen MR) is 120 cm³/mol. The molecule has 1 aliphatic rings. The zero-order chi connectivity index (χ0) is 21.3. The summed E-state index contributed by atoms with van der Waals surface area (Å²) in [6.45, 7) is 8.43. The summed E-state index contributed by atoms with van der Waals surface area (Å²) < 4.78 is 15.0. The topological polar surface area (TPSA) is 65.3 Å². The third-order valence-electron chi connectivity index (χ3n) is 5.79. The van der Waals surface area contributed by atoms with E-state index >= 15 is 4.39 Å². The number of halogens is 1. The molecule has 2 rings (SSSR count). The van der Waals surface area contributed by atoms with Crippen LogP contribution in [0.25, 0.3) is 0 Å². The van der Waals surface area contributed by atoms with Crippen molar-refractivity contribution in [2.45, 2.75) is 103 Å². The maximum Gasteiger partial charge on any atom is 0.134 e. The fraction of sp³-hybridized carbons (Fsp3) is 0.739. The Bertz CT molecular complexity index is 562. The maximum absolute atomic E-state index is 15.0. The molecule has 166 valence electrons. The molecule has 1 aliphatic heterocycles. The van der Waals surface area contributed by atoms with E-state index in [1.54, 1.807) is 13.8 Å². The van der Waals surface area contributed by atoms with Gasteiger partial charge in [-0.1, -0.05) is 63.4 Å². The standard InChI is InChI=1S/C23H42FN5/c1-5-7-8-12-17-29-20(23(3,4)24)27-22(28-21(29)25)26-19(6-2)16-15-18-13-10-9-11-14-18/h9-11,13-14,19-22,26-28H,5-8,12,15-17,25H2,1-4H3. The van der Waals surface area contributed by atoms with Gasteiger partial charge in [0.05, 0.1) is 6.17 Å².